The zero-order valence-corrected chi connectivity index (χ0v) is 16.6. The zero-order valence-electron chi connectivity index (χ0n) is 15.7. The third-order valence-corrected chi connectivity index (χ3v) is 5.61. The molecule has 0 spiro atoms. The Labute approximate surface area is 167 Å². The minimum atomic E-state index is -4.46. The SMILES string of the molecule is Cc1cc(N2CCOCC2)nc(CNS(=O)(=O)Cc2ccc(C(F)(F)F)cc2)n1. The first-order valence-electron chi connectivity index (χ1n) is 8.93. The molecule has 3 rings (SSSR count). The summed E-state index contributed by atoms with van der Waals surface area (Å²) >= 11 is 0. The van der Waals surface area contributed by atoms with E-state index in [0.717, 1.165) is 24.3 Å². The van der Waals surface area contributed by atoms with Crippen molar-refractivity contribution in [3.05, 3.63) is 53.0 Å². The highest BCUT2D eigenvalue weighted by Gasteiger charge is 2.30. The summed E-state index contributed by atoms with van der Waals surface area (Å²) in [5.74, 6) is 0.591. The Hall–Kier alpha value is -2.24. The molecular formula is C18H21F3N4O3S. The molecule has 29 heavy (non-hydrogen) atoms. The van der Waals surface area contributed by atoms with Crippen LogP contribution in [0.15, 0.2) is 30.3 Å². The number of nitrogens with zero attached hydrogens (tertiary/aromatic N) is 3. The number of alkyl halides is 3. The smallest absolute Gasteiger partial charge is 0.378 e. The van der Waals surface area contributed by atoms with Gasteiger partial charge in [0.25, 0.3) is 0 Å². The molecule has 2 heterocycles. The van der Waals surface area contributed by atoms with E-state index >= 15 is 0 Å². The van der Waals surface area contributed by atoms with Crippen LogP contribution >= 0.6 is 0 Å². The van der Waals surface area contributed by atoms with Gasteiger partial charge in [0.05, 0.1) is 31.1 Å². The lowest BCUT2D eigenvalue weighted by atomic mass is 10.1. The molecule has 0 unspecified atom stereocenters. The number of anilines is 1. The third kappa shape index (κ3) is 6.12. The van der Waals surface area contributed by atoms with E-state index in [0.29, 0.717) is 43.6 Å². The number of aryl methyl sites for hydroxylation is 1. The molecule has 1 fully saturated rings. The Morgan fingerprint density at radius 1 is 1.14 bits per heavy atom. The molecule has 0 atom stereocenters. The van der Waals surface area contributed by atoms with Gasteiger partial charge in [-0.15, -0.1) is 0 Å². The molecule has 158 valence electrons. The minimum absolute atomic E-state index is 0.109. The summed E-state index contributed by atoms with van der Waals surface area (Å²) in [7, 11) is -3.78. The molecule has 1 aromatic carbocycles. The van der Waals surface area contributed by atoms with Crippen LogP contribution in [0.1, 0.15) is 22.6 Å². The molecule has 0 aliphatic carbocycles. The number of hydrogen-bond donors (Lipinski definition) is 1. The van der Waals surface area contributed by atoms with Crippen LogP contribution in [-0.4, -0.2) is 44.7 Å². The summed E-state index contributed by atoms with van der Waals surface area (Å²) in [4.78, 5) is 10.7. The Morgan fingerprint density at radius 3 is 2.41 bits per heavy atom. The summed E-state index contributed by atoms with van der Waals surface area (Å²) in [5.41, 5.74) is 0.138. The van der Waals surface area contributed by atoms with Gasteiger partial charge in [-0.2, -0.15) is 13.2 Å². The van der Waals surface area contributed by atoms with Gasteiger partial charge in [0.1, 0.15) is 11.6 Å². The lowest BCUT2D eigenvalue weighted by Crippen LogP contribution is -2.37. The van der Waals surface area contributed by atoms with Crippen LogP contribution in [-0.2, 0) is 33.2 Å². The van der Waals surface area contributed by atoms with Gasteiger partial charge in [-0.05, 0) is 24.6 Å². The van der Waals surface area contributed by atoms with E-state index in [1.807, 2.05) is 11.0 Å². The molecule has 0 saturated carbocycles. The fourth-order valence-electron chi connectivity index (χ4n) is 2.88. The third-order valence-electron chi connectivity index (χ3n) is 4.31. The first-order chi connectivity index (χ1) is 13.6. The average Bonchev–Trinajstić information content (AvgIpc) is 2.66. The second kappa shape index (κ2) is 8.64. The molecule has 7 nitrogen and oxygen atoms in total. The van der Waals surface area contributed by atoms with E-state index in [1.54, 1.807) is 6.92 Å². The van der Waals surface area contributed by atoms with E-state index in [9.17, 15) is 21.6 Å². The molecule has 11 heteroatoms. The van der Waals surface area contributed by atoms with E-state index in [4.69, 9.17) is 4.74 Å². The summed E-state index contributed by atoms with van der Waals surface area (Å²) in [5, 5.41) is 0. The Bertz CT molecular complexity index is 944. The molecule has 1 aliphatic rings. The highest BCUT2D eigenvalue weighted by molar-refractivity contribution is 7.88. The summed E-state index contributed by atoms with van der Waals surface area (Å²) in [6.45, 7) is 4.26. The maximum absolute atomic E-state index is 12.6. The lowest BCUT2D eigenvalue weighted by Gasteiger charge is -2.28. The molecule has 0 amide bonds. The van der Waals surface area contributed by atoms with Crippen molar-refractivity contribution < 1.29 is 26.3 Å². The summed E-state index contributed by atoms with van der Waals surface area (Å²) in [6, 6.07) is 5.86. The number of morpholine rings is 1. The average molecular weight is 430 g/mol. The van der Waals surface area contributed by atoms with Gasteiger partial charge < -0.3 is 9.64 Å². The van der Waals surface area contributed by atoms with E-state index in [1.165, 1.54) is 0 Å². The van der Waals surface area contributed by atoms with Crippen LogP contribution in [0.5, 0.6) is 0 Å². The molecular weight excluding hydrogens is 409 g/mol. The Kier molecular flexibility index (Phi) is 6.39. The molecule has 0 bridgehead atoms. The van der Waals surface area contributed by atoms with Crippen LogP contribution in [0, 0.1) is 6.92 Å². The van der Waals surface area contributed by atoms with Crippen molar-refractivity contribution in [3.8, 4) is 0 Å². The van der Waals surface area contributed by atoms with Crippen LogP contribution in [0.25, 0.3) is 0 Å². The number of ether oxygens (including phenoxy) is 1. The summed E-state index contributed by atoms with van der Waals surface area (Å²) < 4.78 is 70.2. The number of hydrogen-bond acceptors (Lipinski definition) is 6. The quantitative estimate of drug-likeness (QED) is 0.757. The maximum atomic E-state index is 12.6. The molecule has 1 aliphatic heterocycles. The van der Waals surface area contributed by atoms with Crippen molar-refractivity contribution in [3.63, 3.8) is 0 Å². The largest absolute Gasteiger partial charge is 0.416 e. The zero-order chi connectivity index (χ0) is 21.1. The number of halogens is 3. The predicted octanol–water partition coefficient (Wildman–Crippen LogP) is 2.26. The number of sulfonamides is 1. The highest BCUT2D eigenvalue weighted by atomic mass is 32.2. The number of rotatable bonds is 6. The van der Waals surface area contributed by atoms with Gasteiger partial charge in [0.15, 0.2) is 0 Å². The van der Waals surface area contributed by atoms with Crippen molar-refractivity contribution in [2.75, 3.05) is 31.2 Å². The van der Waals surface area contributed by atoms with Crippen molar-refractivity contribution in [2.45, 2.75) is 25.4 Å². The Morgan fingerprint density at radius 2 is 1.79 bits per heavy atom. The van der Waals surface area contributed by atoms with Crippen molar-refractivity contribution in [1.82, 2.24) is 14.7 Å². The lowest BCUT2D eigenvalue weighted by molar-refractivity contribution is -0.137. The van der Waals surface area contributed by atoms with Gasteiger partial charge in [-0.1, -0.05) is 12.1 Å². The molecule has 0 radical (unpaired) electrons. The fraction of sp³-hybridized carbons (Fsp3) is 0.444. The minimum Gasteiger partial charge on any atom is -0.378 e. The Balaban J connectivity index is 1.64. The van der Waals surface area contributed by atoms with Crippen molar-refractivity contribution in [1.29, 1.82) is 0 Å². The molecule has 1 N–H and O–H groups in total. The van der Waals surface area contributed by atoms with E-state index in [2.05, 4.69) is 14.7 Å². The topological polar surface area (TPSA) is 84.4 Å². The maximum Gasteiger partial charge on any atom is 0.416 e. The first kappa shape index (κ1) is 21.5. The number of nitrogens with one attached hydrogen (secondary N) is 1. The second-order valence-corrected chi connectivity index (χ2v) is 8.46. The van der Waals surface area contributed by atoms with E-state index < -0.39 is 27.5 Å². The molecule has 2 aromatic rings. The van der Waals surface area contributed by atoms with Crippen molar-refractivity contribution >= 4 is 15.8 Å². The molecule has 1 aromatic heterocycles. The van der Waals surface area contributed by atoms with Crippen molar-refractivity contribution in [2.24, 2.45) is 0 Å². The predicted molar refractivity (Wildman–Crippen MR) is 101 cm³/mol. The number of aromatic nitrogens is 2. The van der Waals surface area contributed by atoms with Crippen LogP contribution in [0.4, 0.5) is 19.0 Å². The number of benzene rings is 1. The van der Waals surface area contributed by atoms with Gasteiger partial charge in [0.2, 0.25) is 10.0 Å². The van der Waals surface area contributed by atoms with Gasteiger partial charge in [-0.3, -0.25) is 0 Å². The van der Waals surface area contributed by atoms with E-state index in [-0.39, 0.29) is 12.1 Å². The van der Waals surface area contributed by atoms with Crippen LogP contribution < -0.4 is 9.62 Å². The second-order valence-electron chi connectivity index (χ2n) is 6.66. The monoisotopic (exact) mass is 430 g/mol. The van der Waals surface area contributed by atoms with Gasteiger partial charge in [-0.25, -0.2) is 23.1 Å². The fourth-order valence-corrected chi connectivity index (χ4v) is 3.96. The van der Waals surface area contributed by atoms with Crippen LogP contribution in [0.2, 0.25) is 0 Å². The van der Waals surface area contributed by atoms with Gasteiger partial charge in [0, 0.05) is 24.8 Å². The van der Waals surface area contributed by atoms with Crippen LogP contribution in [0.3, 0.4) is 0 Å². The normalized spacial score (nSPS) is 15.5. The molecule has 1 saturated heterocycles. The standard InChI is InChI=1S/C18H21F3N4O3S/c1-13-10-17(25-6-8-28-9-7-25)24-16(23-13)11-22-29(26,27)12-14-2-4-15(5-3-14)18(19,20)21/h2-5,10,22H,6-9,11-12H2,1H3. The first-order valence-corrected chi connectivity index (χ1v) is 10.6. The summed E-state index contributed by atoms with van der Waals surface area (Å²) in [6.07, 6.45) is -4.46. The highest BCUT2D eigenvalue weighted by Crippen LogP contribution is 2.29. The van der Waals surface area contributed by atoms with Gasteiger partial charge >= 0.3 is 6.18 Å².